The molecule has 1 saturated carbocycles. The Kier molecular flexibility index (Phi) is 5.88. The largest absolute Gasteiger partial charge is 0.346 e. The molecular formula is C24H26BrN3O3. The van der Waals surface area contributed by atoms with E-state index < -0.39 is 17.8 Å². The summed E-state index contributed by atoms with van der Waals surface area (Å²) in [5.41, 5.74) is 4.27. The second kappa shape index (κ2) is 8.46. The first-order valence-electron chi connectivity index (χ1n) is 10.6. The van der Waals surface area contributed by atoms with Gasteiger partial charge in [-0.2, -0.15) is 0 Å². The highest BCUT2D eigenvalue weighted by molar-refractivity contribution is 9.10. The molecule has 0 bridgehead atoms. The van der Waals surface area contributed by atoms with Crippen LogP contribution in [0.4, 0.5) is 10.5 Å². The van der Waals surface area contributed by atoms with Crippen molar-refractivity contribution in [3.63, 3.8) is 0 Å². The number of nitrogens with zero attached hydrogens (tertiary/aromatic N) is 2. The third-order valence-corrected chi connectivity index (χ3v) is 7.15. The lowest BCUT2D eigenvalue weighted by Gasteiger charge is -2.27. The third-order valence-electron chi connectivity index (χ3n) is 6.26. The Balaban J connectivity index is 1.71. The maximum Gasteiger partial charge on any atom is 0.335 e. The van der Waals surface area contributed by atoms with Crippen LogP contribution in [0.5, 0.6) is 0 Å². The Morgan fingerprint density at radius 1 is 1.03 bits per heavy atom. The van der Waals surface area contributed by atoms with Crippen molar-refractivity contribution in [3.05, 3.63) is 56.8 Å². The average Bonchev–Trinajstić information content (AvgIpc) is 3.01. The standard InChI is InChI=1S/C24H26BrN3O3/c1-14-11-19(9-10-21(14)25)28-23(30)20(22(29)26-24(28)31)13-17-12-15(2)27(16(17)3)18-7-5-4-6-8-18/h9-13,18H,4-8H2,1-3H3,(H,26,29,31)/b20-13+. The summed E-state index contributed by atoms with van der Waals surface area (Å²) in [4.78, 5) is 39.3. The van der Waals surface area contributed by atoms with Crippen LogP contribution in [0.15, 0.2) is 34.3 Å². The molecule has 2 heterocycles. The Morgan fingerprint density at radius 3 is 2.42 bits per heavy atom. The molecule has 1 aromatic heterocycles. The second-order valence-corrected chi connectivity index (χ2v) is 9.23. The van der Waals surface area contributed by atoms with Gasteiger partial charge in [0.2, 0.25) is 0 Å². The molecule has 0 unspecified atom stereocenters. The molecular weight excluding hydrogens is 458 g/mol. The Morgan fingerprint density at radius 2 is 1.74 bits per heavy atom. The van der Waals surface area contributed by atoms with Gasteiger partial charge in [0.05, 0.1) is 5.69 Å². The molecule has 162 valence electrons. The van der Waals surface area contributed by atoms with E-state index in [1.165, 1.54) is 19.3 Å². The number of aryl methyl sites for hydroxylation is 2. The van der Waals surface area contributed by atoms with Crippen LogP contribution in [-0.4, -0.2) is 22.4 Å². The van der Waals surface area contributed by atoms with E-state index in [4.69, 9.17) is 0 Å². The molecule has 4 rings (SSSR count). The molecule has 2 aliphatic rings. The minimum atomic E-state index is -0.735. The summed E-state index contributed by atoms with van der Waals surface area (Å²) in [6.07, 6.45) is 7.64. The van der Waals surface area contributed by atoms with Crippen molar-refractivity contribution in [1.82, 2.24) is 9.88 Å². The SMILES string of the molecule is Cc1cc(N2C(=O)NC(=O)/C(=C\c3cc(C)n(C4CCCCC4)c3C)C2=O)ccc1Br. The van der Waals surface area contributed by atoms with Gasteiger partial charge < -0.3 is 4.57 Å². The molecule has 1 aliphatic carbocycles. The summed E-state index contributed by atoms with van der Waals surface area (Å²) in [6, 6.07) is 6.94. The summed E-state index contributed by atoms with van der Waals surface area (Å²) in [6.45, 7) is 5.97. The number of halogens is 1. The number of benzene rings is 1. The van der Waals surface area contributed by atoms with Crippen LogP contribution in [0.3, 0.4) is 0 Å². The highest BCUT2D eigenvalue weighted by atomic mass is 79.9. The molecule has 4 amide bonds. The quantitative estimate of drug-likeness (QED) is 0.472. The zero-order valence-corrected chi connectivity index (χ0v) is 19.6. The first kappa shape index (κ1) is 21.6. The fourth-order valence-electron chi connectivity index (χ4n) is 4.67. The first-order chi connectivity index (χ1) is 14.8. The monoisotopic (exact) mass is 483 g/mol. The van der Waals surface area contributed by atoms with E-state index in [2.05, 4.69) is 32.7 Å². The zero-order chi connectivity index (χ0) is 22.3. The lowest BCUT2D eigenvalue weighted by atomic mass is 9.95. The smallest absolute Gasteiger partial charge is 0.335 e. The van der Waals surface area contributed by atoms with Gasteiger partial charge >= 0.3 is 6.03 Å². The van der Waals surface area contributed by atoms with Gasteiger partial charge in [0.1, 0.15) is 5.57 Å². The normalized spacial score (nSPS) is 19.3. The summed E-state index contributed by atoms with van der Waals surface area (Å²) in [7, 11) is 0. The molecule has 7 heteroatoms. The van der Waals surface area contributed by atoms with E-state index in [0.717, 1.165) is 44.7 Å². The number of hydrogen-bond donors (Lipinski definition) is 1. The number of rotatable bonds is 3. The van der Waals surface area contributed by atoms with E-state index >= 15 is 0 Å². The molecule has 1 aromatic carbocycles. The molecule has 2 fully saturated rings. The Bertz CT molecular complexity index is 1110. The van der Waals surface area contributed by atoms with Crippen LogP contribution in [-0.2, 0) is 9.59 Å². The first-order valence-corrected chi connectivity index (χ1v) is 11.4. The number of imide groups is 2. The topological polar surface area (TPSA) is 71.4 Å². The van der Waals surface area contributed by atoms with Crippen LogP contribution in [0.1, 0.15) is 60.7 Å². The predicted molar refractivity (Wildman–Crippen MR) is 124 cm³/mol. The van der Waals surface area contributed by atoms with E-state index in [9.17, 15) is 14.4 Å². The lowest BCUT2D eigenvalue weighted by molar-refractivity contribution is -0.122. The van der Waals surface area contributed by atoms with Crippen molar-refractivity contribution >= 4 is 45.5 Å². The number of urea groups is 1. The molecule has 6 nitrogen and oxygen atoms in total. The van der Waals surface area contributed by atoms with Gasteiger partial charge in [0, 0.05) is 21.9 Å². The summed E-state index contributed by atoms with van der Waals surface area (Å²) < 4.78 is 3.21. The fourth-order valence-corrected chi connectivity index (χ4v) is 4.91. The van der Waals surface area contributed by atoms with Crippen LogP contribution in [0.2, 0.25) is 0 Å². The van der Waals surface area contributed by atoms with Crippen LogP contribution in [0, 0.1) is 20.8 Å². The summed E-state index contributed by atoms with van der Waals surface area (Å²) in [5, 5.41) is 2.31. The van der Waals surface area contributed by atoms with Gasteiger partial charge in [-0.3, -0.25) is 14.9 Å². The van der Waals surface area contributed by atoms with E-state index in [0.29, 0.717) is 11.7 Å². The molecule has 0 spiro atoms. The van der Waals surface area contributed by atoms with Gasteiger partial charge in [0.15, 0.2) is 0 Å². The predicted octanol–water partition coefficient (Wildman–Crippen LogP) is 5.35. The summed E-state index contributed by atoms with van der Waals surface area (Å²) in [5.74, 6) is -1.28. The van der Waals surface area contributed by atoms with Crippen molar-refractivity contribution in [2.45, 2.75) is 58.9 Å². The average molecular weight is 484 g/mol. The maximum absolute atomic E-state index is 13.2. The second-order valence-electron chi connectivity index (χ2n) is 8.38. The number of barbiturate groups is 1. The fraction of sp³-hybridized carbons (Fsp3) is 0.375. The highest BCUT2D eigenvalue weighted by Gasteiger charge is 2.37. The molecule has 31 heavy (non-hydrogen) atoms. The van der Waals surface area contributed by atoms with Crippen LogP contribution < -0.4 is 10.2 Å². The molecule has 1 N–H and O–H groups in total. The third kappa shape index (κ3) is 3.99. The molecule has 0 radical (unpaired) electrons. The van der Waals surface area contributed by atoms with Gasteiger partial charge in [0.25, 0.3) is 11.8 Å². The van der Waals surface area contributed by atoms with E-state index in [-0.39, 0.29) is 5.57 Å². The van der Waals surface area contributed by atoms with Gasteiger partial charge in [-0.25, -0.2) is 9.69 Å². The van der Waals surface area contributed by atoms with Crippen molar-refractivity contribution in [2.75, 3.05) is 4.90 Å². The number of hydrogen-bond acceptors (Lipinski definition) is 3. The number of aromatic nitrogens is 1. The van der Waals surface area contributed by atoms with Crippen molar-refractivity contribution < 1.29 is 14.4 Å². The number of carbonyl (C=O) groups is 3. The van der Waals surface area contributed by atoms with Gasteiger partial charge in [-0.1, -0.05) is 35.2 Å². The van der Waals surface area contributed by atoms with Crippen molar-refractivity contribution in [3.8, 4) is 0 Å². The maximum atomic E-state index is 13.2. The van der Waals surface area contributed by atoms with Crippen LogP contribution >= 0.6 is 15.9 Å². The summed E-state index contributed by atoms with van der Waals surface area (Å²) >= 11 is 3.43. The van der Waals surface area contributed by atoms with Crippen molar-refractivity contribution in [1.29, 1.82) is 0 Å². The molecule has 0 atom stereocenters. The molecule has 1 aliphatic heterocycles. The molecule has 2 aromatic rings. The Hall–Kier alpha value is -2.67. The lowest BCUT2D eigenvalue weighted by Crippen LogP contribution is -2.54. The Labute approximate surface area is 190 Å². The van der Waals surface area contributed by atoms with Crippen molar-refractivity contribution in [2.24, 2.45) is 0 Å². The number of anilines is 1. The number of carbonyl (C=O) groups excluding carboxylic acids is 3. The van der Waals surface area contributed by atoms with Gasteiger partial charge in [-0.05, 0) is 75.1 Å². The van der Waals surface area contributed by atoms with E-state index in [1.807, 2.05) is 19.9 Å². The minimum Gasteiger partial charge on any atom is -0.346 e. The zero-order valence-electron chi connectivity index (χ0n) is 18.0. The molecule has 1 saturated heterocycles. The van der Waals surface area contributed by atoms with Gasteiger partial charge in [-0.15, -0.1) is 0 Å². The van der Waals surface area contributed by atoms with Crippen LogP contribution in [0.25, 0.3) is 6.08 Å². The minimum absolute atomic E-state index is 0.0379. The van der Waals surface area contributed by atoms with E-state index in [1.54, 1.807) is 24.3 Å². The number of nitrogens with one attached hydrogen (secondary N) is 1. The number of amides is 4. The highest BCUT2D eigenvalue weighted by Crippen LogP contribution is 2.33.